The maximum atomic E-state index is 5.54. The highest BCUT2D eigenvalue weighted by Gasteiger charge is 2.23. The van der Waals surface area contributed by atoms with Crippen LogP contribution in [0.15, 0.2) is 40.8 Å². The van der Waals surface area contributed by atoms with Crippen molar-refractivity contribution in [2.75, 3.05) is 57.9 Å². The summed E-state index contributed by atoms with van der Waals surface area (Å²) in [4.78, 5) is 15.3. The number of nitrogens with zero attached hydrogens (tertiary/aromatic N) is 4. The minimum absolute atomic E-state index is 0. The number of anilines is 1. The first-order valence-electron chi connectivity index (χ1n) is 10.8. The van der Waals surface area contributed by atoms with Gasteiger partial charge in [-0.2, -0.15) is 0 Å². The molecule has 4 rings (SSSR count). The minimum atomic E-state index is 0. The Morgan fingerprint density at radius 2 is 1.97 bits per heavy atom. The molecule has 31 heavy (non-hydrogen) atoms. The van der Waals surface area contributed by atoms with Crippen LogP contribution in [0.4, 0.5) is 5.82 Å². The lowest BCUT2D eigenvalue weighted by atomic mass is 10.2. The summed E-state index contributed by atoms with van der Waals surface area (Å²) in [5.74, 6) is 1.90. The number of aromatic nitrogens is 1. The number of nitrogens with one attached hydrogen (secondary N) is 2. The van der Waals surface area contributed by atoms with Gasteiger partial charge in [-0.1, -0.05) is 12.1 Å². The van der Waals surface area contributed by atoms with Crippen molar-refractivity contribution < 1.29 is 4.74 Å². The van der Waals surface area contributed by atoms with Crippen molar-refractivity contribution in [3.8, 4) is 0 Å². The third-order valence-electron chi connectivity index (χ3n) is 5.74. The quantitative estimate of drug-likeness (QED) is 0.311. The van der Waals surface area contributed by atoms with Crippen LogP contribution in [0.3, 0.4) is 0 Å². The molecule has 170 valence electrons. The van der Waals surface area contributed by atoms with Crippen molar-refractivity contribution in [2.45, 2.75) is 25.4 Å². The van der Waals surface area contributed by atoms with E-state index in [0.717, 1.165) is 63.3 Å². The average Bonchev–Trinajstić information content (AvgIpc) is 3.52. The van der Waals surface area contributed by atoms with Crippen LogP contribution >= 0.6 is 35.3 Å². The van der Waals surface area contributed by atoms with Crippen LogP contribution in [-0.2, 0) is 11.3 Å². The van der Waals surface area contributed by atoms with E-state index in [1.807, 2.05) is 24.6 Å². The lowest BCUT2D eigenvalue weighted by molar-refractivity contribution is 0.0177. The van der Waals surface area contributed by atoms with E-state index in [-0.39, 0.29) is 24.0 Å². The summed E-state index contributed by atoms with van der Waals surface area (Å²) in [6, 6.07) is 8.96. The fourth-order valence-corrected chi connectivity index (χ4v) is 4.89. The van der Waals surface area contributed by atoms with Crippen molar-refractivity contribution in [3.05, 3.63) is 46.3 Å². The molecule has 9 heteroatoms. The molecule has 0 saturated carbocycles. The van der Waals surface area contributed by atoms with Crippen molar-refractivity contribution in [2.24, 2.45) is 4.99 Å². The monoisotopic (exact) mass is 556 g/mol. The lowest BCUT2D eigenvalue weighted by Crippen LogP contribution is -2.46. The summed E-state index contributed by atoms with van der Waals surface area (Å²) in [7, 11) is 1.82. The Kier molecular flexibility index (Phi) is 9.82. The predicted octanol–water partition coefficient (Wildman–Crippen LogP) is 3.10. The van der Waals surface area contributed by atoms with Gasteiger partial charge in [-0.05, 0) is 35.9 Å². The van der Waals surface area contributed by atoms with Gasteiger partial charge in [-0.15, -0.1) is 35.3 Å². The van der Waals surface area contributed by atoms with E-state index in [1.54, 1.807) is 0 Å². The number of pyridine rings is 1. The molecule has 2 saturated heterocycles. The van der Waals surface area contributed by atoms with E-state index in [9.17, 15) is 0 Å². The van der Waals surface area contributed by atoms with E-state index in [4.69, 9.17) is 4.74 Å². The molecule has 4 heterocycles. The van der Waals surface area contributed by atoms with Crippen molar-refractivity contribution in [3.63, 3.8) is 0 Å². The summed E-state index contributed by atoms with van der Waals surface area (Å²) in [6.07, 6.45) is 4.50. The minimum Gasteiger partial charge on any atom is -0.379 e. The lowest BCUT2D eigenvalue weighted by Gasteiger charge is -2.34. The smallest absolute Gasteiger partial charge is 0.191 e. The van der Waals surface area contributed by atoms with Crippen LogP contribution in [0.2, 0.25) is 0 Å². The number of ether oxygens (including phenoxy) is 1. The summed E-state index contributed by atoms with van der Waals surface area (Å²) < 4.78 is 5.54. The zero-order chi connectivity index (χ0) is 20.6. The number of guanidine groups is 1. The molecule has 1 atom stereocenters. The number of thiophene rings is 1. The Hall–Kier alpha value is -1.43. The number of morpholine rings is 1. The van der Waals surface area contributed by atoms with Gasteiger partial charge in [-0.25, -0.2) is 4.98 Å². The Morgan fingerprint density at radius 1 is 1.16 bits per heavy atom. The van der Waals surface area contributed by atoms with Gasteiger partial charge in [0, 0.05) is 57.4 Å². The third kappa shape index (κ3) is 6.77. The molecule has 1 unspecified atom stereocenters. The molecule has 0 spiro atoms. The van der Waals surface area contributed by atoms with Crippen LogP contribution in [0.1, 0.15) is 29.3 Å². The second kappa shape index (κ2) is 12.6. The Bertz CT molecular complexity index is 789. The molecule has 0 bridgehead atoms. The van der Waals surface area contributed by atoms with E-state index >= 15 is 0 Å². The van der Waals surface area contributed by atoms with Crippen molar-refractivity contribution >= 4 is 47.1 Å². The molecule has 2 aromatic rings. The van der Waals surface area contributed by atoms with Crippen LogP contribution in [0, 0.1) is 0 Å². The fraction of sp³-hybridized carbons (Fsp3) is 0.545. The highest BCUT2D eigenvalue weighted by atomic mass is 127. The number of halogens is 1. The van der Waals surface area contributed by atoms with E-state index < -0.39 is 0 Å². The Morgan fingerprint density at radius 3 is 2.61 bits per heavy atom. The second-order valence-corrected chi connectivity index (χ2v) is 8.68. The van der Waals surface area contributed by atoms with E-state index in [0.29, 0.717) is 12.6 Å². The van der Waals surface area contributed by atoms with Gasteiger partial charge in [0.25, 0.3) is 0 Å². The molecule has 2 aliphatic heterocycles. The Labute approximate surface area is 206 Å². The van der Waals surface area contributed by atoms with Gasteiger partial charge in [0.1, 0.15) is 5.82 Å². The molecule has 7 nitrogen and oxygen atoms in total. The second-order valence-electron chi connectivity index (χ2n) is 7.71. The molecule has 0 amide bonds. The van der Waals surface area contributed by atoms with Crippen molar-refractivity contribution in [1.29, 1.82) is 0 Å². The Balaban J connectivity index is 0.00000272. The zero-order valence-electron chi connectivity index (χ0n) is 18.1. The standard InChI is InChI=1S/C22H32N6OS.HI/c1-23-22(25-16-18-6-7-21(24-15-18)28-8-2-3-9-28)26-17-19(20-5-4-14-30-20)27-10-12-29-13-11-27;/h4-7,14-15,19H,2-3,8-13,16-17H2,1H3,(H2,23,25,26);1H. The number of rotatable bonds is 7. The molecule has 0 aromatic carbocycles. The molecule has 2 fully saturated rings. The number of hydrogen-bond acceptors (Lipinski definition) is 6. The molecule has 0 aliphatic carbocycles. The third-order valence-corrected chi connectivity index (χ3v) is 6.72. The van der Waals surface area contributed by atoms with Gasteiger partial charge in [0.2, 0.25) is 0 Å². The van der Waals surface area contributed by atoms with Gasteiger partial charge >= 0.3 is 0 Å². The number of aliphatic imine (C=N–C) groups is 1. The maximum absolute atomic E-state index is 5.54. The molecule has 2 aliphatic rings. The molecule has 0 radical (unpaired) electrons. The summed E-state index contributed by atoms with van der Waals surface area (Å²) in [5, 5.41) is 9.09. The van der Waals surface area contributed by atoms with Crippen LogP contribution in [0.25, 0.3) is 0 Å². The van der Waals surface area contributed by atoms with Crippen LogP contribution < -0.4 is 15.5 Å². The largest absolute Gasteiger partial charge is 0.379 e. The number of hydrogen-bond donors (Lipinski definition) is 2. The van der Waals surface area contributed by atoms with Gasteiger partial charge < -0.3 is 20.3 Å². The SMILES string of the molecule is CN=C(NCc1ccc(N2CCCC2)nc1)NCC(c1cccs1)N1CCOCC1.I. The topological polar surface area (TPSA) is 65.0 Å². The maximum Gasteiger partial charge on any atom is 0.191 e. The van der Waals surface area contributed by atoms with Crippen LogP contribution in [-0.4, -0.2) is 68.8 Å². The van der Waals surface area contributed by atoms with Gasteiger partial charge in [0.15, 0.2) is 5.96 Å². The zero-order valence-corrected chi connectivity index (χ0v) is 21.3. The highest BCUT2D eigenvalue weighted by molar-refractivity contribution is 14.0. The van der Waals surface area contributed by atoms with Crippen LogP contribution in [0.5, 0.6) is 0 Å². The molecule has 2 aromatic heterocycles. The van der Waals surface area contributed by atoms with Gasteiger partial charge in [-0.3, -0.25) is 9.89 Å². The average molecular weight is 557 g/mol. The summed E-state index contributed by atoms with van der Waals surface area (Å²) in [5.41, 5.74) is 1.16. The van der Waals surface area contributed by atoms with E-state index in [2.05, 4.69) is 60.1 Å². The van der Waals surface area contributed by atoms with Crippen molar-refractivity contribution in [1.82, 2.24) is 20.5 Å². The first-order chi connectivity index (χ1) is 14.8. The summed E-state index contributed by atoms with van der Waals surface area (Å²) >= 11 is 1.81. The first kappa shape index (κ1) is 24.2. The molecular formula is C22H33IN6OS. The predicted molar refractivity (Wildman–Crippen MR) is 139 cm³/mol. The van der Waals surface area contributed by atoms with Gasteiger partial charge in [0.05, 0.1) is 19.3 Å². The first-order valence-corrected chi connectivity index (χ1v) is 11.7. The normalized spacial score (nSPS) is 18.5. The molecule has 2 N–H and O–H groups in total. The molecular weight excluding hydrogens is 523 g/mol. The highest BCUT2D eigenvalue weighted by Crippen LogP contribution is 2.25. The van der Waals surface area contributed by atoms with E-state index in [1.165, 1.54) is 17.7 Å². The summed E-state index contributed by atoms with van der Waals surface area (Å²) in [6.45, 7) is 7.28. The fourth-order valence-electron chi connectivity index (χ4n) is 4.03.